The summed E-state index contributed by atoms with van der Waals surface area (Å²) in [5.41, 5.74) is 1.18. The van der Waals surface area contributed by atoms with Gasteiger partial charge < -0.3 is 24.7 Å². The number of aliphatic hydroxyl groups excluding tert-OH is 1. The van der Waals surface area contributed by atoms with Gasteiger partial charge in [0, 0.05) is 18.0 Å². The lowest BCUT2D eigenvalue weighted by molar-refractivity contribution is -0.145. The molecule has 0 aromatic heterocycles. The van der Waals surface area contributed by atoms with Crippen LogP contribution >= 0.6 is 11.8 Å². The number of amides is 1. The highest BCUT2D eigenvalue weighted by Crippen LogP contribution is 2.45. The van der Waals surface area contributed by atoms with Crippen molar-refractivity contribution < 1.29 is 24.5 Å². The van der Waals surface area contributed by atoms with E-state index in [0.29, 0.717) is 6.54 Å². The van der Waals surface area contributed by atoms with E-state index in [2.05, 4.69) is 0 Å². The molecule has 0 radical (unpaired) electrons. The topological polar surface area (TPSA) is 90.3 Å². The first-order valence-electron chi connectivity index (χ1n) is 10.7. The Morgan fingerprint density at radius 1 is 1.12 bits per heavy atom. The standard InChI is InChI=1S/C20H24N2O3S.C5H10O2/c1-21(2)12-13-22-16-6-4-5-7-17(16)26-19(18(23)20(22)24)14-8-10-15(25-3)11-9-14;1-5(2,3)4(6)7/h4-11,18-19,23H,12-13H2,1-3H3;1-3H3,(H,6,7). The fourth-order valence-corrected chi connectivity index (χ4v) is 4.23. The summed E-state index contributed by atoms with van der Waals surface area (Å²) in [5.74, 6) is -0.265. The Balaban J connectivity index is 0.000000479. The highest BCUT2D eigenvalue weighted by molar-refractivity contribution is 7.99. The van der Waals surface area contributed by atoms with Gasteiger partial charge in [0.2, 0.25) is 0 Å². The van der Waals surface area contributed by atoms with Crippen molar-refractivity contribution in [3.8, 4) is 5.75 Å². The normalized spacial score (nSPS) is 18.2. The summed E-state index contributed by atoms with van der Waals surface area (Å²) in [4.78, 5) is 27.8. The van der Waals surface area contributed by atoms with Gasteiger partial charge in [0.05, 0.1) is 23.5 Å². The third kappa shape index (κ3) is 7.22. The minimum Gasteiger partial charge on any atom is -0.497 e. The maximum Gasteiger partial charge on any atom is 0.308 e. The molecule has 0 bridgehead atoms. The second-order valence-electron chi connectivity index (χ2n) is 9.07. The molecule has 180 valence electrons. The number of hydrogen-bond acceptors (Lipinski definition) is 6. The molecule has 8 heteroatoms. The minimum absolute atomic E-state index is 0.259. The molecule has 33 heavy (non-hydrogen) atoms. The first-order chi connectivity index (χ1) is 15.5. The van der Waals surface area contributed by atoms with E-state index in [1.807, 2.05) is 67.5 Å². The van der Waals surface area contributed by atoms with Crippen molar-refractivity contribution in [1.29, 1.82) is 0 Å². The van der Waals surface area contributed by atoms with Crippen molar-refractivity contribution in [3.05, 3.63) is 54.1 Å². The van der Waals surface area contributed by atoms with Crippen molar-refractivity contribution in [2.75, 3.05) is 39.2 Å². The number of anilines is 1. The number of aliphatic carboxylic acids is 1. The molecule has 2 aromatic carbocycles. The van der Waals surface area contributed by atoms with Gasteiger partial charge in [-0.05, 0) is 64.7 Å². The number of carboxylic acids is 1. The van der Waals surface area contributed by atoms with E-state index >= 15 is 0 Å². The molecule has 2 N–H and O–H groups in total. The maximum atomic E-state index is 13.0. The molecule has 0 aliphatic carbocycles. The Morgan fingerprint density at radius 3 is 2.21 bits per heavy atom. The first-order valence-corrected chi connectivity index (χ1v) is 11.6. The smallest absolute Gasteiger partial charge is 0.308 e. The summed E-state index contributed by atoms with van der Waals surface area (Å²) >= 11 is 1.53. The minimum atomic E-state index is -1.11. The van der Waals surface area contributed by atoms with Crippen LogP contribution in [-0.2, 0) is 9.59 Å². The van der Waals surface area contributed by atoms with Crippen LogP contribution in [0.5, 0.6) is 5.75 Å². The number of benzene rings is 2. The monoisotopic (exact) mass is 474 g/mol. The van der Waals surface area contributed by atoms with Crippen LogP contribution in [0.3, 0.4) is 0 Å². The Labute approximate surface area is 200 Å². The van der Waals surface area contributed by atoms with Gasteiger partial charge in [-0.1, -0.05) is 24.3 Å². The van der Waals surface area contributed by atoms with Crippen LogP contribution in [0, 0.1) is 5.41 Å². The zero-order valence-corrected chi connectivity index (χ0v) is 20.9. The summed E-state index contributed by atoms with van der Waals surface area (Å²) < 4.78 is 5.21. The average molecular weight is 475 g/mol. The van der Waals surface area contributed by atoms with Gasteiger partial charge in [0.1, 0.15) is 11.9 Å². The molecule has 1 aliphatic heterocycles. The largest absolute Gasteiger partial charge is 0.497 e. The van der Waals surface area contributed by atoms with Crippen molar-refractivity contribution in [3.63, 3.8) is 0 Å². The van der Waals surface area contributed by atoms with E-state index in [0.717, 1.165) is 28.4 Å². The van der Waals surface area contributed by atoms with Gasteiger partial charge in [-0.25, -0.2) is 0 Å². The summed E-state index contributed by atoms with van der Waals surface area (Å²) in [7, 11) is 5.56. The Kier molecular flexibility index (Phi) is 9.34. The van der Waals surface area contributed by atoms with Gasteiger partial charge in [-0.2, -0.15) is 0 Å². The molecule has 7 nitrogen and oxygen atoms in total. The molecule has 0 saturated heterocycles. The molecule has 0 saturated carbocycles. The number of carboxylic acid groups (broad SMARTS) is 1. The van der Waals surface area contributed by atoms with Crippen molar-refractivity contribution >= 4 is 29.3 Å². The summed E-state index contributed by atoms with van der Waals surface area (Å²) in [5, 5.41) is 18.7. The van der Waals surface area contributed by atoms with Crippen LogP contribution < -0.4 is 9.64 Å². The Hall–Kier alpha value is -2.55. The number of thioether (sulfide) groups is 1. The molecule has 3 rings (SSSR count). The number of rotatable bonds is 5. The Bertz CT molecular complexity index is 941. The van der Waals surface area contributed by atoms with Crippen LogP contribution in [0.1, 0.15) is 31.6 Å². The third-order valence-electron chi connectivity index (χ3n) is 5.07. The quantitative estimate of drug-likeness (QED) is 0.679. The highest BCUT2D eigenvalue weighted by Gasteiger charge is 2.37. The van der Waals surface area contributed by atoms with Gasteiger partial charge in [0.25, 0.3) is 5.91 Å². The van der Waals surface area contributed by atoms with Crippen LogP contribution in [0.25, 0.3) is 0 Å². The van der Waals surface area contributed by atoms with Crippen LogP contribution in [0.2, 0.25) is 0 Å². The first kappa shape index (κ1) is 26.7. The van der Waals surface area contributed by atoms with E-state index in [4.69, 9.17) is 9.84 Å². The lowest BCUT2D eigenvalue weighted by atomic mass is 9.98. The summed E-state index contributed by atoms with van der Waals surface area (Å²) in [6.07, 6.45) is -1.11. The molecule has 1 amide bonds. The zero-order valence-electron chi connectivity index (χ0n) is 20.1. The fourth-order valence-electron chi connectivity index (χ4n) is 2.96. The number of nitrogens with zero attached hydrogens (tertiary/aromatic N) is 2. The van der Waals surface area contributed by atoms with Crippen molar-refractivity contribution in [1.82, 2.24) is 4.90 Å². The molecule has 0 spiro atoms. The number of para-hydroxylation sites is 1. The zero-order chi connectivity index (χ0) is 24.8. The van der Waals surface area contributed by atoms with Gasteiger partial charge in [-0.3, -0.25) is 9.59 Å². The lowest BCUT2D eigenvalue weighted by Crippen LogP contribution is -2.43. The van der Waals surface area contributed by atoms with Gasteiger partial charge in [-0.15, -0.1) is 11.8 Å². The maximum absolute atomic E-state index is 13.0. The Morgan fingerprint density at radius 2 is 1.70 bits per heavy atom. The van der Waals surface area contributed by atoms with E-state index in [9.17, 15) is 14.7 Å². The number of hydrogen-bond donors (Lipinski definition) is 2. The van der Waals surface area contributed by atoms with Crippen LogP contribution in [0.4, 0.5) is 5.69 Å². The second kappa shape index (κ2) is 11.5. The van der Waals surface area contributed by atoms with Gasteiger partial charge in [0.15, 0.2) is 0 Å². The number of carbonyl (C=O) groups excluding carboxylic acids is 1. The summed E-state index contributed by atoms with van der Waals surface area (Å²) in [6.45, 7) is 6.25. The number of carbonyl (C=O) groups is 2. The SMILES string of the molecule is CC(C)(C)C(=O)O.COc1ccc(C2Sc3ccccc3N(CCN(C)C)C(=O)C2O)cc1. The van der Waals surface area contributed by atoms with Crippen LogP contribution in [-0.4, -0.2) is 67.4 Å². The number of fused-ring (bicyclic) bond motifs is 1. The number of likely N-dealkylation sites (N-methyl/N-ethyl adjacent to an activating group) is 1. The number of ether oxygens (including phenoxy) is 1. The fraction of sp³-hybridized carbons (Fsp3) is 0.440. The number of methoxy groups -OCH3 is 1. The molecule has 0 fully saturated rings. The van der Waals surface area contributed by atoms with E-state index in [1.165, 1.54) is 11.8 Å². The predicted molar refractivity (Wildman–Crippen MR) is 132 cm³/mol. The number of aliphatic hydroxyl groups is 1. The second-order valence-corrected chi connectivity index (χ2v) is 10.3. The van der Waals surface area contributed by atoms with Crippen LogP contribution in [0.15, 0.2) is 53.4 Å². The molecule has 1 aliphatic rings. The molecule has 1 heterocycles. The molecule has 2 unspecified atom stereocenters. The molecular formula is C25H34N2O5S. The van der Waals surface area contributed by atoms with Crippen molar-refractivity contribution in [2.45, 2.75) is 37.0 Å². The average Bonchev–Trinajstić information content (AvgIpc) is 2.87. The third-order valence-corrected chi connectivity index (χ3v) is 6.46. The molecule has 2 atom stereocenters. The van der Waals surface area contributed by atoms with E-state index < -0.39 is 17.5 Å². The van der Waals surface area contributed by atoms with E-state index in [1.54, 1.807) is 32.8 Å². The summed E-state index contributed by atoms with van der Waals surface area (Å²) in [6, 6.07) is 15.4. The highest BCUT2D eigenvalue weighted by atomic mass is 32.2. The van der Waals surface area contributed by atoms with Crippen molar-refractivity contribution in [2.24, 2.45) is 5.41 Å². The molecular weight excluding hydrogens is 440 g/mol. The van der Waals surface area contributed by atoms with E-state index in [-0.39, 0.29) is 11.2 Å². The molecule has 2 aromatic rings. The lowest BCUT2D eigenvalue weighted by Gasteiger charge is -2.26. The van der Waals surface area contributed by atoms with Gasteiger partial charge >= 0.3 is 5.97 Å². The predicted octanol–water partition coefficient (Wildman–Crippen LogP) is 3.91.